The third-order valence-corrected chi connectivity index (χ3v) is 3.20. The van der Waals surface area contributed by atoms with Gasteiger partial charge in [-0.25, -0.2) is 0 Å². The van der Waals surface area contributed by atoms with Gasteiger partial charge in [0.05, 0.1) is 12.7 Å². The van der Waals surface area contributed by atoms with E-state index in [1.54, 1.807) is 0 Å². The smallest absolute Gasteiger partial charge is 0.119 e. The number of para-hydroxylation sites is 1. The molecule has 1 aromatic carbocycles. The van der Waals surface area contributed by atoms with Crippen molar-refractivity contribution in [3.05, 3.63) is 59.9 Å². The highest BCUT2D eigenvalue weighted by molar-refractivity contribution is 5.20. The maximum absolute atomic E-state index is 9.99. The van der Waals surface area contributed by atoms with Crippen LogP contribution < -0.4 is 4.74 Å². The minimum absolute atomic E-state index is 0.418. The van der Waals surface area contributed by atoms with E-state index in [2.05, 4.69) is 18.0 Å². The van der Waals surface area contributed by atoms with E-state index >= 15 is 0 Å². The monoisotopic (exact) mass is 271 g/mol. The van der Waals surface area contributed by atoms with E-state index in [-0.39, 0.29) is 0 Å². The highest BCUT2D eigenvalue weighted by Gasteiger charge is 2.07. The standard InChI is InChI=1S/C17H21NO2/c1-2-14-8-9-15(18-13-14)12-16(19)10-11-20-17-6-4-3-5-7-17/h3-9,13,16,19H,2,10-12H2,1H3. The van der Waals surface area contributed by atoms with Crippen LogP contribution in [-0.2, 0) is 12.8 Å². The largest absolute Gasteiger partial charge is 0.493 e. The summed E-state index contributed by atoms with van der Waals surface area (Å²) in [5.41, 5.74) is 2.14. The molecular weight excluding hydrogens is 250 g/mol. The number of hydrogen-bond donors (Lipinski definition) is 1. The number of aromatic nitrogens is 1. The third-order valence-electron chi connectivity index (χ3n) is 3.20. The number of hydrogen-bond acceptors (Lipinski definition) is 3. The third kappa shape index (κ3) is 4.67. The zero-order chi connectivity index (χ0) is 14.2. The summed E-state index contributed by atoms with van der Waals surface area (Å²) in [7, 11) is 0. The molecule has 0 radical (unpaired) electrons. The first kappa shape index (κ1) is 14.5. The van der Waals surface area contributed by atoms with Gasteiger partial charge in [0.1, 0.15) is 5.75 Å². The number of nitrogens with zero attached hydrogens (tertiary/aromatic N) is 1. The molecule has 0 spiro atoms. The molecule has 0 saturated carbocycles. The van der Waals surface area contributed by atoms with Crippen LogP contribution in [0.15, 0.2) is 48.7 Å². The van der Waals surface area contributed by atoms with Crippen molar-refractivity contribution in [2.24, 2.45) is 0 Å². The Morgan fingerprint density at radius 2 is 1.95 bits per heavy atom. The molecule has 3 nitrogen and oxygen atoms in total. The summed E-state index contributed by atoms with van der Waals surface area (Å²) in [6.07, 6.45) is 3.62. The zero-order valence-corrected chi connectivity index (χ0v) is 11.8. The van der Waals surface area contributed by atoms with Crippen LogP contribution in [0.2, 0.25) is 0 Å². The fourth-order valence-corrected chi connectivity index (χ4v) is 1.96. The van der Waals surface area contributed by atoms with Crippen molar-refractivity contribution in [3.63, 3.8) is 0 Å². The fourth-order valence-electron chi connectivity index (χ4n) is 1.96. The summed E-state index contributed by atoms with van der Waals surface area (Å²) >= 11 is 0. The normalized spacial score (nSPS) is 12.1. The molecule has 20 heavy (non-hydrogen) atoms. The lowest BCUT2D eigenvalue weighted by Gasteiger charge is -2.11. The summed E-state index contributed by atoms with van der Waals surface area (Å²) in [5.74, 6) is 0.838. The van der Waals surface area contributed by atoms with Crippen molar-refractivity contribution >= 4 is 0 Å². The van der Waals surface area contributed by atoms with Crippen molar-refractivity contribution in [1.29, 1.82) is 0 Å². The van der Waals surface area contributed by atoms with E-state index in [0.29, 0.717) is 19.4 Å². The highest BCUT2D eigenvalue weighted by atomic mass is 16.5. The number of aryl methyl sites for hydroxylation is 1. The SMILES string of the molecule is CCc1ccc(CC(O)CCOc2ccccc2)nc1. The maximum atomic E-state index is 9.99. The summed E-state index contributed by atoms with van der Waals surface area (Å²) in [6.45, 7) is 2.62. The van der Waals surface area contributed by atoms with Crippen LogP contribution >= 0.6 is 0 Å². The van der Waals surface area contributed by atoms with Crippen LogP contribution in [0.1, 0.15) is 24.6 Å². The number of pyridine rings is 1. The summed E-state index contributed by atoms with van der Waals surface area (Å²) in [6, 6.07) is 13.7. The van der Waals surface area contributed by atoms with Gasteiger partial charge in [0.15, 0.2) is 0 Å². The maximum Gasteiger partial charge on any atom is 0.119 e. The second-order valence-electron chi connectivity index (χ2n) is 4.82. The van der Waals surface area contributed by atoms with E-state index in [1.165, 1.54) is 5.56 Å². The minimum atomic E-state index is -0.418. The lowest BCUT2D eigenvalue weighted by Crippen LogP contribution is -2.15. The molecule has 1 aromatic heterocycles. The number of ether oxygens (including phenoxy) is 1. The molecule has 1 N–H and O–H groups in total. The quantitative estimate of drug-likeness (QED) is 0.841. The molecule has 0 aliphatic carbocycles. The van der Waals surface area contributed by atoms with Gasteiger partial charge in [0.2, 0.25) is 0 Å². The van der Waals surface area contributed by atoms with E-state index < -0.39 is 6.10 Å². The van der Waals surface area contributed by atoms with Crippen LogP contribution in [0.3, 0.4) is 0 Å². The van der Waals surface area contributed by atoms with Gasteiger partial charge in [0.25, 0.3) is 0 Å². The molecule has 0 fully saturated rings. The highest BCUT2D eigenvalue weighted by Crippen LogP contribution is 2.10. The van der Waals surface area contributed by atoms with E-state index in [0.717, 1.165) is 17.9 Å². The lowest BCUT2D eigenvalue weighted by atomic mass is 10.1. The Bertz CT molecular complexity index is 496. The number of aliphatic hydroxyl groups excluding tert-OH is 1. The first-order valence-corrected chi connectivity index (χ1v) is 7.07. The number of rotatable bonds is 7. The first-order chi connectivity index (χ1) is 9.78. The molecule has 0 bridgehead atoms. The fraction of sp³-hybridized carbons (Fsp3) is 0.353. The van der Waals surface area contributed by atoms with Crippen LogP contribution in [0.25, 0.3) is 0 Å². The number of benzene rings is 1. The van der Waals surface area contributed by atoms with Gasteiger partial charge in [-0.15, -0.1) is 0 Å². The van der Waals surface area contributed by atoms with Crippen molar-refractivity contribution in [2.45, 2.75) is 32.3 Å². The molecule has 0 amide bonds. The lowest BCUT2D eigenvalue weighted by molar-refractivity contribution is 0.138. The summed E-state index contributed by atoms with van der Waals surface area (Å²) in [4.78, 5) is 4.35. The van der Waals surface area contributed by atoms with Crippen LogP contribution in [-0.4, -0.2) is 22.8 Å². The average molecular weight is 271 g/mol. The van der Waals surface area contributed by atoms with Gasteiger partial charge in [0, 0.05) is 24.7 Å². The Balaban J connectivity index is 1.73. The predicted octanol–water partition coefficient (Wildman–Crippen LogP) is 3.02. The molecule has 1 unspecified atom stereocenters. The van der Waals surface area contributed by atoms with Crippen LogP contribution in [0.5, 0.6) is 5.75 Å². The van der Waals surface area contributed by atoms with Crippen molar-refractivity contribution in [1.82, 2.24) is 4.98 Å². The minimum Gasteiger partial charge on any atom is -0.493 e. The molecule has 3 heteroatoms. The topological polar surface area (TPSA) is 42.4 Å². The molecule has 106 valence electrons. The predicted molar refractivity (Wildman–Crippen MR) is 79.9 cm³/mol. The van der Waals surface area contributed by atoms with E-state index in [4.69, 9.17) is 4.74 Å². The van der Waals surface area contributed by atoms with Crippen molar-refractivity contribution < 1.29 is 9.84 Å². The molecule has 1 heterocycles. The molecule has 1 atom stereocenters. The van der Waals surface area contributed by atoms with Crippen LogP contribution in [0.4, 0.5) is 0 Å². The zero-order valence-electron chi connectivity index (χ0n) is 11.8. The van der Waals surface area contributed by atoms with Gasteiger partial charge in [-0.2, -0.15) is 0 Å². The van der Waals surface area contributed by atoms with Crippen molar-refractivity contribution in [3.8, 4) is 5.75 Å². The Kier molecular flexibility index (Phi) is 5.56. The molecule has 0 saturated heterocycles. The van der Waals surface area contributed by atoms with Crippen molar-refractivity contribution in [2.75, 3.05) is 6.61 Å². The van der Waals surface area contributed by atoms with Gasteiger partial charge in [-0.3, -0.25) is 4.98 Å². The molecule has 2 aromatic rings. The second kappa shape index (κ2) is 7.65. The Labute approximate surface area is 120 Å². The molecular formula is C17H21NO2. The number of aliphatic hydroxyl groups is 1. The van der Waals surface area contributed by atoms with Gasteiger partial charge < -0.3 is 9.84 Å². The average Bonchev–Trinajstić information content (AvgIpc) is 2.49. The molecule has 0 aliphatic heterocycles. The Hall–Kier alpha value is -1.87. The van der Waals surface area contributed by atoms with Gasteiger partial charge in [-0.05, 0) is 30.2 Å². The van der Waals surface area contributed by atoms with Gasteiger partial charge in [-0.1, -0.05) is 31.2 Å². The van der Waals surface area contributed by atoms with E-state index in [1.807, 2.05) is 42.6 Å². The first-order valence-electron chi connectivity index (χ1n) is 7.07. The summed E-state index contributed by atoms with van der Waals surface area (Å²) < 4.78 is 5.57. The second-order valence-corrected chi connectivity index (χ2v) is 4.82. The summed E-state index contributed by atoms with van der Waals surface area (Å²) in [5, 5.41) is 9.99. The van der Waals surface area contributed by atoms with Gasteiger partial charge >= 0.3 is 0 Å². The molecule has 0 aliphatic rings. The molecule has 2 rings (SSSR count). The Morgan fingerprint density at radius 3 is 2.60 bits per heavy atom. The Morgan fingerprint density at radius 1 is 1.15 bits per heavy atom. The van der Waals surface area contributed by atoms with Crippen LogP contribution in [0, 0.1) is 0 Å². The van der Waals surface area contributed by atoms with E-state index in [9.17, 15) is 5.11 Å².